The van der Waals surface area contributed by atoms with E-state index in [1.54, 1.807) is 0 Å². The van der Waals surface area contributed by atoms with Crippen LogP contribution in [0.15, 0.2) is 18.2 Å². The first kappa shape index (κ1) is 17.7. The average Bonchev–Trinajstić information content (AvgIpc) is 3.05. The van der Waals surface area contributed by atoms with Crippen LogP contribution in [0.3, 0.4) is 0 Å². The lowest BCUT2D eigenvalue weighted by Gasteiger charge is -2.27. The summed E-state index contributed by atoms with van der Waals surface area (Å²) in [5.74, 6) is -1.89. The van der Waals surface area contributed by atoms with E-state index in [-0.39, 0.29) is 23.0 Å². The van der Waals surface area contributed by atoms with E-state index in [2.05, 4.69) is 0 Å². The first-order valence-corrected chi connectivity index (χ1v) is 9.67. The molecule has 1 aromatic rings. The molecule has 1 saturated carbocycles. The molecule has 0 aromatic heterocycles. The molecule has 1 amide bonds. The number of amides is 1. The second kappa shape index (κ2) is 7.01. The number of carbonyl (C=O) groups excluding carboxylic acids is 1. The first-order valence-electron chi connectivity index (χ1n) is 8.23. The molecule has 0 unspecified atom stereocenters. The summed E-state index contributed by atoms with van der Waals surface area (Å²) in [7, 11) is -3.95. The highest BCUT2D eigenvalue weighted by Crippen LogP contribution is 2.28. The number of rotatable bonds is 6. The summed E-state index contributed by atoms with van der Waals surface area (Å²) < 4.78 is 33.5. The fourth-order valence-corrected chi connectivity index (χ4v) is 3.99. The predicted octanol–water partition coefficient (Wildman–Crippen LogP) is 1.39. The molecule has 0 spiro atoms. The van der Waals surface area contributed by atoms with Crippen LogP contribution < -0.4 is 9.46 Å². The highest BCUT2D eigenvalue weighted by atomic mass is 32.2. The third-order valence-corrected chi connectivity index (χ3v) is 5.93. The minimum Gasteiger partial charge on any atom is -0.490 e. The molecule has 1 aromatic carbocycles. The summed E-state index contributed by atoms with van der Waals surface area (Å²) in [6.45, 7) is 0.729. The molecule has 0 bridgehead atoms. The lowest BCUT2D eigenvalue weighted by atomic mass is 9.96. The van der Waals surface area contributed by atoms with Crippen molar-refractivity contribution in [2.75, 3.05) is 13.1 Å². The number of aromatic carboxylic acids is 1. The fourth-order valence-electron chi connectivity index (χ4n) is 2.78. The lowest BCUT2D eigenvalue weighted by molar-refractivity contribution is 0.0696. The summed E-state index contributed by atoms with van der Waals surface area (Å²) in [4.78, 5) is 23.7. The number of hydrogen-bond acceptors (Lipinski definition) is 5. The maximum atomic E-state index is 12.5. The van der Waals surface area contributed by atoms with Gasteiger partial charge in [-0.2, -0.15) is 12.7 Å². The van der Waals surface area contributed by atoms with Gasteiger partial charge in [0.15, 0.2) is 0 Å². The minimum atomic E-state index is -3.95. The predicted molar refractivity (Wildman–Crippen MR) is 88.9 cm³/mol. The SMILES string of the molecule is O=C(O)c1ccc(OC2CCC2)c(C(=O)NS(=O)(=O)N2CCCC2)c1. The molecule has 9 heteroatoms. The van der Waals surface area contributed by atoms with Crippen LogP contribution in [0.4, 0.5) is 0 Å². The number of benzene rings is 1. The van der Waals surface area contributed by atoms with Crippen molar-refractivity contribution in [2.24, 2.45) is 0 Å². The normalized spacial score (nSPS) is 18.6. The van der Waals surface area contributed by atoms with Gasteiger partial charge in [-0.3, -0.25) is 4.79 Å². The maximum Gasteiger partial charge on any atom is 0.335 e. The Labute approximate surface area is 146 Å². The molecule has 2 fully saturated rings. The molecular weight excluding hydrogens is 348 g/mol. The van der Waals surface area contributed by atoms with Gasteiger partial charge in [-0.05, 0) is 50.3 Å². The van der Waals surface area contributed by atoms with E-state index in [4.69, 9.17) is 9.84 Å². The number of carbonyl (C=O) groups is 2. The topological polar surface area (TPSA) is 113 Å². The Morgan fingerprint density at radius 2 is 1.84 bits per heavy atom. The van der Waals surface area contributed by atoms with E-state index >= 15 is 0 Å². The van der Waals surface area contributed by atoms with Crippen molar-refractivity contribution in [2.45, 2.75) is 38.2 Å². The van der Waals surface area contributed by atoms with E-state index in [0.717, 1.165) is 38.2 Å². The van der Waals surface area contributed by atoms with Crippen LogP contribution in [0.5, 0.6) is 5.75 Å². The monoisotopic (exact) mass is 368 g/mol. The molecule has 1 saturated heterocycles. The molecular formula is C16H20N2O6S. The van der Waals surface area contributed by atoms with Crippen LogP contribution >= 0.6 is 0 Å². The van der Waals surface area contributed by atoms with Gasteiger partial charge in [-0.15, -0.1) is 0 Å². The minimum absolute atomic E-state index is 0.0302. The number of carboxylic acids is 1. The van der Waals surface area contributed by atoms with Crippen LogP contribution in [-0.2, 0) is 10.2 Å². The van der Waals surface area contributed by atoms with E-state index in [0.29, 0.717) is 13.1 Å². The van der Waals surface area contributed by atoms with Crippen molar-refractivity contribution in [3.8, 4) is 5.75 Å². The van der Waals surface area contributed by atoms with Gasteiger partial charge in [0.2, 0.25) is 0 Å². The number of hydrogen-bond donors (Lipinski definition) is 2. The molecule has 8 nitrogen and oxygen atoms in total. The summed E-state index contributed by atoms with van der Waals surface area (Å²) in [6.07, 6.45) is 4.21. The van der Waals surface area contributed by atoms with E-state index < -0.39 is 22.1 Å². The van der Waals surface area contributed by atoms with Gasteiger partial charge in [-0.25, -0.2) is 9.52 Å². The smallest absolute Gasteiger partial charge is 0.335 e. The Morgan fingerprint density at radius 3 is 2.40 bits per heavy atom. The molecule has 136 valence electrons. The van der Waals surface area contributed by atoms with Crippen molar-refractivity contribution in [3.05, 3.63) is 29.3 Å². The van der Waals surface area contributed by atoms with Crippen molar-refractivity contribution in [1.82, 2.24) is 9.03 Å². The van der Waals surface area contributed by atoms with Crippen LogP contribution in [0.2, 0.25) is 0 Å². The molecule has 2 aliphatic rings. The average molecular weight is 368 g/mol. The van der Waals surface area contributed by atoms with Crippen molar-refractivity contribution in [1.29, 1.82) is 0 Å². The zero-order valence-corrected chi connectivity index (χ0v) is 14.4. The summed E-state index contributed by atoms with van der Waals surface area (Å²) >= 11 is 0. The Hall–Kier alpha value is -2.13. The lowest BCUT2D eigenvalue weighted by Crippen LogP contribution is -2.42. The molecule has 1 heterocycles. The van der Waals surface area contributed by atoms with Crippen molar-refractivity contribution < 1.29 is 27.9 Å². The standard InChI is InChI=1S/C16H20N2O6S/c19-15(17-25(22,23)18-8-1-2-9-18)13-10-11(16(20)21)6-7-14(13)24-12-4-3-5-12/h6-7,10,12H,1-5,8-9H2,(H,17,19)(H,20,21). The molecule has 0 atom stereocenters. The molecule has 1 aliphatic carbocycles. The number of nitrogens with one attached hydrogen (secondary N) is 1. The van der Waals surface area contributed by atoms with Crippen LogP contribution in [0.1, 0.15) is 52.8 Å². The van der Waals surface area contributed by atoms with E-state index in [1.165, 1.54) is 16.4 Å². The fraction of sp³-hybridized carbons (Fsp3) is 0.500. The second-order valence-corrected chi connectivity index (χ2v) is 7.90. The summed E-state index contributed by atoms with van der Waals surface area (Å²) in [6, 6.07) is 3.88. The molecule has 1 aliphatic heterocycles. The zero-order chi connectivity index (χ0) is 18.0. The maximum absolute atomic E-state index is 12.5. The zero-order valence-electron chi connectivity index (χ0n) is 13.6. The molecule has 2 N–H and O–H groups in total. The molecule has 25 heavy (non-hydrogen) atoms. The van der Waals surface area contributed by atoms with E-state index in [1.807, 2.05) is 4.72 Å². The van der Waals surface area contributed by atoms with Crippen LogP contribution in [0, 0.1) is 0 Å². The number of carboxylic acid groups (broad SMARTS) is 1. The molecule has 3 rings (SSSR count). The molecule has 0 radical (unpaired) electrons. The Kier molecular flexibility index (Phi) is 4.96. The second-order valence-electron chi connectivity index (χ2n) is 6.23. The van der Waals surface area contributed by atoms with Gasteiger partial charge < -0.3 is 9.84 Å². The highest BCUT2D eigenvalue weighted by molar-refractivity contribution is 7.87. The Morgan fingerprint density at radius 1 is 1.16 bits per heavy atom. The number of ether oxygens (including phenoxy) is 1. The van der Waals surface area contributed by atoms with E-state index in [9.17, 15) is 18.0 Å². The summed E-state index contributed by atoms with van der Waals surface area (Å²) in [5.41, 5.74) is -0.195. The van der Waals surface area contributed by atoms with Gasteiger partial charge in [-0.1, -0.05) is 0 Å². The van der Waals surface area contributed by atoms with Crippen molar-refractivity contribution >= 4 is 22.1 Å². The Bertz CT molecular complexity index is 782. The number of nitrogens with zero attached hydrogens (tertiary/aromatic N) is 1. The van der Waals surface area contributed by atoms with Gasteiger partial charge in [0.05, 0.1) is 17.2 Å². The van der Waals surface area contributed by atoms with Crippen molar-refractivity contribution in [3.63, 3.8) is 0 Å². The van der Waals surface area contributed by atoms with Gasteiger partial charge in [0, 0.05) is 13.1 Å². The summed E-state index contributed by atoms with van der Waals surface area (Å²) in [5, 5.41) is 9.13. The third-order valence-electron chi connectivity index (χ3n) is 4.44. The highest BCUT2D eigenvalue weighted by Gasteiger charge is 2.29. The van der Waals surface area contributed by atoms with Crippen LogP contribution in [0.25, 0.3) is 0 Å². The van der Waals surface area contributed by atoms with Crippen LogP contribution in [-0.4, -0.2) is 48.9 Å². The van der Waals surface area contributed by atoms with Gasteiger partial charge in [0.25, 0.3) is 5.91 Å². The van der Waals surface area contributed by atoms with Gasteiger partial charge >= 0.3 is 16.2 Å². The quantitative estimate of drug-likeness (QED) is 0.784. The third kappa shape index (κ3) is 3.93. The Balaban J connectivity index is 1.85. The first-order chi connectivity index (χ1) is 11.9. The largest absolute Gasteiger partial charge is 0.490 e. The van der Waals surface area contributed by atoms with Gasteiger partial charge in [0.1, 0.15) is 5.75 Å².